The molecule has 104 valence electrons. The van der Waals surface area contributed by atoms with E-state index in [4.69, 9.17) is 10.5 Å². The van der Waals surface area contributed by atoms with Crippen molar-refractivity contribution in [3.8, 4) is 0 Å². The second-order valence-electron chi connectivity index (χ2n) is 4.48. The van der Waals surface area contributed by atoms with Crippen LogP contribution in [0.25, 0.3) is 0 Å². The Kier molecular flexibility index (Phi) is 4.29. The van der Waals surface area contributed by atoms with E-state index in [1.807, 2.05) is 19.9 Å². The molecule has 0 saturated heterocycles. The van der Waals surface area contributed by atoms with Gasteiger partial charge in [0.15, 0.2) is 0 Å². The van der Waals surface area contributed by atoms with Gasteiger partial charge < -0.3 is 10.5 Å². The minimum Gasteiger partial charge on any atom is -0.465 e. The summed E-state index contributed by atoms with van der Waals surface area (Å²) < 4.78 is 4.78. The van der Waals surface area contributed by atoms with Crippen LogP contribution in [0.4, 0.5) is 5.69 Å². The zero-order valence-corrected chi connectivity index (χ0v) is 12.5. The lowest BCUT2D eigenvalue weighted by Crippen LogP contribution is -2.05. The zero-order valence-electron chi connectivity index (χ0n) is 11.6. The molecule has 0 amide bonds. The summed E-state index contributed by atoms with van der Waals surface area (Å²) in [7, 11) is 1.35. The van der Waals surface area contributed by atoms with Gasteiger partial charge >= 0.3 is 5.97 Å². The van der Waals surface area contributed by atoms with Crippen LogP contribution in [0.5, 0.6) is 0 Å². The minimum absolute atomic E-state index is 0.387. The summed E-state index contributed by atoms with van der Waals surface area (Å²) in [6.45, 7) is 4.05. The fourth-order valence-electron chi connectivity index (χ4n) is 1.73. The lowest BCUT2D eigenvalue weighted by Gasteiger charge is -2.10. The number of nitrogens with zero attached hydrogens (tertiary/aromatic N) is 1. The van der Waals surface area contributed by atoms with E-state index in [-0.39, 0.29) is 0 Å². The zero-order chi connectivity index (χ0) is 14.7. The molecular weight excluding hydrogens is 272 g/mol. The van der Waals surface area contributed by atoms with Crippen LogP contribution in [0.15, 0.2) is 40.4 Å². The average molecular weight is 288 g/mol. The van der Waals surface area contributed by atoms with Gasteiger partial charge in [-0.1, -0.05) is 23.9 Å². The molecule has 0 atom stereocenters. The van der Waals surface area contributed by atoms with Crippen molar-refractivity contribution in [2.75, 3.05) is 12.8 Å². The van der Waals surface area contributed by atoms with E-state index in [0.29, 0.717) is 16.3 Å². The molecular formula is C15H16N2O2S. The second kappa shape index (κ2) is 5.96. The van der Waals surface area contributed by atoms with E-state index in [0.717, 1.165) is 16.0 Å². The van der Waals surface area contributed by atoms with E-state index in [9.17, 15) is 4.79 Å². The number of nitrogen functional groups attached to an aromatic ring is 1. The number of hydrogen-bond donors (Lipinski definition) is 1. The normalized spacial score (nSPS) is 10.3. The van der Waals surface area contributed by atoms with Gasteiger partial charge in [-0.05, 0) is 37.1 Å². The van der Waals surface area contributed by atoms with Crippen molar-refractivity contribution in [2.45, 2.75) is 23.8 Å². The number of rotatable bonds is 3. The summed E-state index contributed by atoms with van der Waals surface area (Å²) >= 11 is 1.44. The van der Waals surface area contributed by atoms with Crippen molar-refractivity contribution < 1.29 is 9.53 Å². The molecule has 0 spiro atoms. The van der Waals surface area contributed by atoms with E-state index in [2.05, 4.69) is 17.1 Å². The number of anilines is 1. The molecule has 20 heavy (non-hydrogen) atoms. The first-order chi connectivity index (χ1) is 9.51. The number of ether oxygens (including phenoxy) is 1. The van der Waals surface area contributed by atoms with Gasteiger partial charge in [0, 0.05) is 4.90 Å². The highest BCUT2D eigenvalue weighted by molar-refractivity contribution is 7.99. The van der Waals surface area contributed by atoms with Crippen molar-refractivity contribution in [1.82, 2.24) is 4.98 Å². The molecule has 0 bridgehead atoms. The van der Waals surface area contributed by atoms with Crippen molar-refractivity contribution >= 4 is 23.4 Å². The van der Waals surface area contributed by atoms with Gasteiger partial charge in [0.2, 0.25) is 0 Å². The molecule has 0 unspecified atom stereocenters. The van der Waals surface area contributed by atoms with Crippen LogP contribution in [0.2, 0.25) is 0 Å². The summed E-state index contributed by atoms with van der Waals surface area (Å²) in [6, 6.07) is 7.76. The first kappa shape index (κ1) is 14.4. The summed E-state index contributed by atoms with van der Waals surface area (Å²) in [6.07, 6.45) is 1.54. The van der Waals surface area contributed by atoms with E-state index >= 15 is 0 Å². The summed E-state index contributed by atoms with van der Waals surface area (Å²) in [5, 5.41) is 0.597. The van der Waals surface area contributed by atoms with Gasteiger partial charge in [-0.2, -0.15) is 0 Å². The fourth-order valence-corrected chi connectivity index (χ4v) is 2.77. The Bertz CT molecular complexity index is 656. The molecule has 0 radical (unpaired) electrons. The van der Waals surface area contributed by atoms with Crippen molar-refractivity contribution in [3.05, 3.63) is 47.2 Å². The molecule has 5 heteroatoms. The quantitative estimate of drug-likeness (QED) is 0.878. The number of benzene rings is 1. The van der Waals surface area contributed by atoms with Gasteiger partial charge in [-0.15, -0.1) is 0 Å². The Morgan fingerprint density at radius 1 is 1.30 bits per heavy atom. The molecule has 1 aromatic heterocycles. The van der Waals surface area contributed by atoms with Crippen LogP contribution >= 0.6 is 11.8 Å². The highest BCUT2D eigenvalue weighted by Gasteiger charge is 2.15. The molecule has 2 aromatic rings. The number of nitrogens with two attached hydrogens (primary N) is 1. The molecule has 1 aromatic carbocycles. The Labute approximate surface area is 122 Å². The smallest absolute Gasteiger partial charge is 0.340 e. The maximum atomic E-state index is 11.8. The van der Waals surface area contributed by atoms with E-state index in [1.165, 1.54) is 18.9 Å². The predicted octanol–water partition coefficient (Wildman–Crippen LogP) is 3.22. The maximum Gasteiger partial charge on any atom is 0.340 e. The number of hydrogen-bond acceptors (Lipinski definition) is 5. The highest BCUT2D eigenvalue weighted by atomic mass is 32.2. The molecule has 4 nitrogen and oxygen atoms in total. The molecule has 0 saturated carbocycles. The predicted molar refractivity (Wildman–Crippen MR) is 80.0 cm³/mol. The fraction of sp³-hybridized carbons (Fsp3) is 0.200. The third-order valence-corrected chi connectivity index (χ3v) is 4.01. The van der Waals surface area contributed by atoms with Gasteiger partial charge in [0.25, 0.3) is 0 Å². The molecule has 2 rings (SSSR count). The monoisotopic (exact) mass is 288 g/mol. The molecule has 0 aliphatic rings. The Morgan fingerprint density at radius 2 is 2.05 bits per heavy atom. The average Bonchev–Trinajstić information content (AvgIpc) is 2.43. The third kappa shape index (κ3) is 3.11. The number of aryl methyl sites for hydroxylation is 2. The van der Waals surface area contributed by atoms with Crippen LogP contribution in [0, 0.1) is 13.8 Å². The minimum atomic E-state index is -0.433. The molecule has 1 heterocycles. The van der Waals surface area contributed by atoms with Crippen molar-refractivity contribution in [2.24, 2.45) is 0 Å². The summed E-state index contributed by atoms with van der Waals surface area (Å²) in [5.74, 6) is -0.433. The number of pyridine rings is 1. The van der Waals surface area contributed by atoms with Gasteiger partial charge in [-0.25, -0.2) is 9.78 Å². The summed E-state index contributed by atoms with van der Waals surface area (Å²) in [5.41, 5.74) is 8.81. The van der Waals surface area contributed by atoms with Crippen LogP contribution in [0.3, 0.4) is 0 Å². The first-order valence-corrected chi connectivity index (χ1v) is 6.92. The topological polar surface area (TPSA) is 65.2 Å². The van der Waals surface area contributed by atoms with E-state index < -0.39 is 5.97 Å². The number of carbonyl (C=O) groups excluding carboxylic acids is 1. The molecule has 0 aliphatic carbocycles. The van der Waals surface area contributed by atoms with Crippen LogP contribution in [-0.2, 0) is 4.74 Å². The van der Waals surface area contributed by atoms with Gasteiger partial charge in [0.05, 0.1) is 24.6 Å². The SMILES string of the molecule is COC(=O)c1cc(N)cnc1Sc1cc(C)ccc1C. The Morgan fingerprint density at radius 3 is 2.75 bits per heavy atom. The number of aromatic nitrogens is 1. The van der Waals surface area contributed by atoms with Crippen molar-refractivity contribution in [1.29, 1.82) is 0 Å². The largest absolute Gasteiger partial charge is 0.465 e. The van der Waals surface area contributed by atoms with Gasteiger partial charge in [-0.3, -0.25) is 0 Å². The lowest BCUT2D eigenvalue weighted by atomic mass is 10.2. The van der Waals surface area contributed by atoms with Crippen LogP contribution in [-0.4, -0.2) is 18.1 Å². The van der Waals surface area contributed by atoms with E-state index in [1.54, 1.807) is 12.3 Å². The molecule has 0 fully saturated rings. The maximum absolute atomic E-state index is 11.8. The number of carbonyl (C=O) groups is 1. The van der Waals surface area contributed by atoms with Crippen LogP contribution < -0.4 is 5.73 Å². The Hall–Kier alpha value is -2.01. The Balaban J connectivity index is 2.43. The van der Waals surface area contributed by atoms with Crippen LogP contribution in [0.1, 0.15) is 21.5 Å². The second-order valence-corrected chi connectivity index (χ2v) is 5.51. The standard InChI is InChI=1S/C15H16N2O2S/c1-9-4-5-10(2)13(6-9)20-14-12(15(18)19-3)7-11(16)8-17-14/h4-8H,16H2,1-3H3. The highest BCUT2D eigenvalue weighted by Crippen LogP contribution is 2.32. The summed E-state index contributed by atoms with van der Waals surface area (Å²) in [4.78, 5) is 17.1. The lowest BCUT2D eigenvalue weighted by molar-refractivity contribution is 0.0596. The van der Waals surface area contributed by atoms with Crippen molar-refractivity contribution in [3.63, 3.8) is 0 Å². The third-order valence-electron chi connectivity index (χ3n) is 2.83. The molecule has 2 N–H and O–H groups in total. The number of methoxy groups -OCH3 is 1. The number of esters is 1. The molecule has 0 aliphatic heterocycles. The first-order valence-electron chi connectivity index (χ1n) is 6.10. The van der Waals surface area contributed by atoms with Gasteiger partial charge in [0.1, 0.15) is 5.03 Å².